The first-order valence-electron chi connectivity index (χ1n) is 7.06. The number of halogens is 3. The number of hydrogen-bond acceptors (Lipinski definition) is 5. The second-order valence-electron chi connectivity index (χ2n) is 4.99. The minimum atomic E-state index is -5.08. The number of alkyl halides is 3. The molecule has 1 atom stereocenters. The van der Waals surface area contributed by atoms with Gasteiger partial charge in [0, 0.05) is 12.5 Å². The number of carboxylic acids is 1. The molecule has 9 heteroatoms. The monoisotopic (exact) mass is 349 g/mol. The number of esters is 1. The van der Waals surface area contributed by atoms with Crippen LogP contribution in [0.5, 0.6) is 5.75 Å². The summed E-state index contributed by atoms with van der Waals surface area (Å²) in [5.74, 6) is -1.69. The molecule has 6 nitrogen and oxygen atoms in total. The van der Waals surface area contributed by atoms with Crippen molar-refractivity contribution in [2.24, 2.45) is 5.92 Å². The lowest BCUT2D eigenvalue weighted by atomic mass is 10.1. The Hall–Kier alpha value is -2.29. The molecule has 0 bridgehead atoms. The van der Waals surface area contributed by atoms with Gasteiger partial charge in [-0.15, -0.1) is 0 Å². The molecule has 0 saturated carbocycles. The quantitative estimate of drug-likeness (QED) is 0.810. The van der Waals surface area contributed by atoms with E-state index in [1.54, 1.807) is 24.3 Å². The van der Waals surface area contributed by atoms with Gasteiger partial charge in [-0.3, -0.25) is 0 Å². The maximum atomic E-state index is 11.2. The number of carboxylic acid groups (broad SMARTS) is 1. The largest absolute Gasteiger partial charge is 0.493 e. The van der Waals surface area contributed by atoms with Crippen molar-refractivity contribution in [2.75, 3.05) is 26.8 Å². The highest BCUT2D eigenvalue weighted by Gasteiger charge is 2.38. The maximum Gasteiger partial charge on any atom is 0.490 e. The molecule has 0 aliphatic carbocycles. The van der Waals surface area contributed by atoms with E-state index in [1.807, 2.05) is 0 Å². The number of methoxy groups -OCH3 is 1. The zero-order valence-electron chi connectivity index (χ0n) is 12.9. The number of nitrogens with one attached hydrogen (secondary N) is 1. The van der Waals surface area contributed by atoms with Crippen molar-refractivity contribution >= 4 is 11.9 Å². The van der Waals surface area contributed by atoms with E-state index >= 15 is 0 Å². The van der Waals surface area contributed by atoms with E-state index in [2.05, 4.69) is 10.1 Å². The van der Waals surface area contributed by atoms with E-state index in [1.165, 1.54) is 13.5 Å². The van der Waals surface area contributed by atoms with E-state index < -0.39 is 12.1 Å². The van der Waals surface area contributed by atoms with E-state index in [-0.39, 0.29) is 5.97 Å². The van der Waals surface area contributed by atoms with Gasteiger partial charge >= 0.3 is 18.1 Å². The van der Waals surface area contributed by atoms with Crippen molar-refractivity contribution < 1.29 is 37.3 Å². The molecule has 1 aromatic rings. The molecule has 24 heavy (non-hydrogen) atoms. The summed E-state index contributed by atoms with van der Waals surface area (Å²) >= 11 is 0. The Kier molecular flexibility index (Phi) is 7.50. The molecule has 2 N–H and O–H groups in total. The van der Waals surface area contributed by atoms with Crippen molar-refractivity contribution in [3.8, 4) is 5.75 Å². The van der Waals surface area contributed by atoms with Crippen LogP contribution in [0.3, 0.4) is 0 Å². The van der Waals surface area contributed by atoms with Crippen molar-refractivity contribution in [2.45, 2.75) is 12.6 Å². The summed E-state index contributed by atoms with van der Waals surface area (Å²) in [5.41, 5.74) is 0.544. The van der Waals surface area contributed by atoms with E-state index in [0.29, 0.717) is 11.5 Å². The van der Waals surface area contributed by atoms with Crippen LogP contribution in [0.1, 0.15) is 16.8 Å². The molecule has 0 unspecified atom stereocenters. The van der Waals surface area contributed by atoms with Gasteiger partial charge in [-0.2, -0.15) is 13.2 Å². The van der Waals surface area contributed by atoms with Gasteiger partial charge in [0.1, 0.15) is 5.75 Å². The van der Waals surface area contributed by atoms with Crippen molar-refractivity contribution in [3.05, 3.63) is 29.8 Å². The van der Waals surface area contributed by atoms with Crippen LogP contribution in [0, 0.1) is 5.92 Å². The molecule has 0 aromatic heterocycles. The van der Waals surface area contributed by atoms with Crippen LogP contribution in [0.2, 0.25) is 0 Å². The second-order valence-corrected chi connectivity index (χ2v) is 4.99. The standard InChI is InChI=1S/C13H17NO3.C2HF3O2/c1-16-13(15)11-2-4-12(5-3-11)17-9-10-6-7-14-8-10;3-2(4,5)1(6)7/h2-5,10,14H,6-9H2,1H3;(H,6,7)/t10-;/m1./s1. The number of carbonyl (C=O) groups excluding carboxylic acids is 1. The van der Waals surface area contributed by atoms with Crippen molar-refractivity contribution in [3.63, 3.8) is 0 Å². The average molecular weight is 349 g/mol. The maximum absolute atomic E-state index is 11.2. The first-order chi connectivity index (χ1) is 11.2. The topological polar surface area (TPSA) is 84.9 Å². The van der Waals surface area contributed by atoms with E-state index in [4.69, 9.17) is 14.6 Å². The van der Waals surface area contributed by atoms with Crippen molar-refractivity contribution in [1.29, 1.82) is 0 Å². The van der Waals surface area contributed by atoms with Crippen LogP contribution >= 0.6 is 0 Å². The average Bonchev–Trinajstić information content (AvgIpc) is 3.06. The molecule has 1 fully saturated rings. The summed E-state index contributed by atoms with van der Waals surface area (Å²) in [6.45, 7) is 2.83. The van der Waals surface area contributed by atoms with Gasteiger partial charge in [-0.05, 0) is 37.2 Å². The molecule has 1 aliphatic heterocycles. The molecule has 0 spiro atoms. The molecule has 1 saturated heterocycles. The molecular weight excluding hydrogens is 331 g/mol. The summed E-state index contributed by atoms with van der Waals surface area (Å²) in [6, 6.07) is 7.03. The summed E-state index contributed by atoms with van der Waals surface area (Å²) in [4.78, 5) is 20.1. The fraction of sp³-hybridized carbons (Fsp3) is 0.467. The van der Waals surface area contributed by atoms with Gasteiger partial charge in [0.05, 0.1) is 19.3 Å². The van der Waals surface area contributed by atoms with Crippen LogP contribution in [-0.4, -0.2) is 50.0 Å². The van der Waals surface area contributed by atoms with Gasteiger partial charge in [-0.25, -0.2) is 9.59 Å². The predicted molar refractivity (Wildman–Crippen MR) is 77.9 cm³/mol. The molecule has 0 radical (unpaired) electrons. The highest BCUT2D eigenvalue weighted by atomic mass is 19.4. The number of rotatable bonds is 4. The normalized spacial score (nSPS) is 16.8. The van der Waals surface area contributed by atoms with Crippen LogP contribution in [0.25, 0.3) is 0 Å². The zero-order chi connectivity index (χ0) is 18.2. The van der Waals surface area contributed by atoms with Crippen LogP contribution < -0.4 is 10.1 Å². The first kappa shape index (κ1) is 19.8. The summed E-state index contributed by atoms with van der Waals surface area (Å²) in [6.07, 6.45) is -3.92. The second kappa shape index (κ2) is 9.11. The third-order valence-corrected chi connectivity index (χ3v) is 3.17. The number of benzene rings is 1. The summed E-state index contributed by atoms with van der Waals surface area (Å²) < 4.78 is 42.0. The highest BCUT2D eigenvalue weighted by Crippen LogP contribution is 2.16. The fourth-order valence-electron chi connectivity index (χ4n) is 1.88. The van der Waals surface area contributed by atoms with E-state index in [0.717, 1.165) is 25.4 Å². The zero-order valence-corrected chi connectivity index (χ0v) is 12.9. The highest BCUT2D eigenvalue weighted by molar-refractivity contribution is 5.89. The lowest BCUT2D eigenvalue weighted by Crippen LogP contribution is -2.21. The Morgan fingerprint density at radius 2 is 1.88 bits per heavy atom. The van der Waals surface area contributed by atoms with Crippen LogP contribution in [0.15, 0.2) is 24.3 Å². The number of aliphatic carboxylic acids is 1. The number of carbonyl (C=O) groups is 2. The molecule has 0 amide bonds. The van der Waals surface area contributed by atoms with Crippen LogP contribution in [0.4, 0.5) is 13.2 Å². The Morgan fingerprint density at radius 1 is 1.29 bits per heavy atom. The summed E-state index contributed by atoms with van der Waals surface area (Å²) in [5, 5.41) is 10.4. The molecule has 1 aromatic carbocycles. The van der Waals surface area contributed by atoms with Gasteiger partial charge in [-0.1, -0.05) is 0 Å². The van der Waals surface area contributed by atoms with Gasteiger partial charge in [0.15, 0.2) is 0 Å². The first-order valence-corrected chi connectivity index (χ1v) is 7.06. The van der Waals surface area contributed by atoms with Gasteiger partial charge in [0.2, 0.25) is 0 Å². The molecule has 1 aliphatic rings. The fourth-order valence-corrected chi connectivity index (χ4v) is 1.88. The molecule has 1 heterocycles. The third kappa shape index (κ3) is 6.86. The lowest BCUT2D eigenvalue weighted by molar-refractivity contribution is -0.192. The SMILES string of the molecule is COC(=O)c1ccc(OC[C@@H]2CCNC2)cc1.O=C(O)C(F)(F)F. The Balaban J connectivity index is 0.000000351. The molecule has 134 valence electrons. The van der Waals surface area contributed by atoms with Gasteiger partial charge < -0.3 is 19.9 Å². The minimum absolute atomic E-state index is 0.323. The summed E-state index contributed by atoms with van der Waals surface area (Å²) in [7, 11) is 1.37. The number of hydrogen-bond donors (Lipinski definition) is 2. The minimum Gasteiger partial charge on any atom is -0.493 e. The third-order valence-electron chi connectivity index (χ3n) is 3.17. The number of ether oxygens (including phenoxy) is 2. The lowest BCUT2D eigenvalue weighted by Gasteiger charge is -2.10. The Morgan fingerprint density at radius 3 is 2.29 bits per heavy atom. The Labute approximate surface area is 136 Å². The van der Waals surface area contributed by atoms with Crippen molar-refractivity contribution in [1.82, 2.24) is 5.32 Å². The van der Waals surface area contributed by atoms with Crippen LogP contribution in [-0.2, 0) is 9.53 Å². The Bertz CT molecular complexity index is 539. The smallest absolute Gasteiger partial charge is 0.490 e. The van der Waals surface area contributed by atoms with Gasteiger partial charge in [0.25, 0.3) is 0 Å². The molecule has 2 rings (SSSR count). The predicted octanol–water partition coefficient (Wildman–Crippen LogP) is 2.09. The van der Waals surface area contributed by atoms with E-state index in [9.17, 15) is 18.0 Å². The molecular formula is C15H18F3NO5.